The average Bonchev–Trinajstić information content (AvgIpc) is 2.81. The fourth-order valence-electron chi connectivity index (χ4n) is 2.11. The van der Waals surface area contributed by atoms with Crippen molar-refractivity contribution in [1.29, 1.82) is 0 Å². The number of hydrogen-bond donors (Lipinski definition) is 2. The summed E-state index contributed by atoms with van der Waals surface area (Å²) in [7, 11) is 0. The molecule has 2 heterocycles. The summed E-state index contributed by atoms with van der Waals surface area (Å²) in [6, 6.07) is 1.58. The molecule has 20 heavy (non-hydrogen) atoms. The fourth-order valence-corrected chi connectivity index (χ4v) is 3.27. The van der Waals surface area contributed by atoms with Crippen LogP contribution in [0.15, 0.2) is 14.8 Å². The summed E-state index contributed by atoms with van der Waals surface area (Å²) in [5.41, 5.74) is 1.60. The first kappa shape index (κ1) is 14.0. The molecule has 0 radical (unpaired) electrons. The number of rotatable bonds is 3. The molecule has 1 aromatic rings. The zero-order chi connectivity index (χ0) is 14.3. The van der Waals surface area contributed by atoms with Gasteiger partial charge in [-0.05, 0) is 25.1 Å². The molecule has 2 N–H and O–H groups in total. The van der Waals surface area contributed by atoms with Crippen LogP contribution in [0.2, 0.25) is 10.0 Å². The summed E-state index contributed by atoms with van der Waals surface area (Å²) < 4.78 is 8.28. The second-order valence-electron chi connectivity index (χ2n) is 4.87. The maximum Gasteiger partial charge on any atom is 0.227 e. The van der Waals surface area contributed by atoms with Crippen molar-refractivity contribution >= 4 is 57.5 Å². The second kappa shape index (κ2) is 5.44. The summed E-state index contributed by atoms with van der Waals surface area (Å²) in [5.74, 6) is 0.227. The topological polar surface area (TPSA) is 65.8 Å². The number of halogens is 2. The first-order valence-electron chi connectivity index (χ1n) is 6.19. The number of benzene rings is 1. The SMILES string of the molecule is CC(C(=O)Nc1c(Cl)cc(Cl)c2c1N=S=N2)C1CNC1. The Morgan fingerprint density at radius 2 is 2.10 bits per heavy atom. The molecule has 5 nitrogen and oxygen atoms in total. The maximum absolute atomic E-state index is 12.3. The van der Waals surface area contributed by atoms with Crippen LogP contribution in [0.4, 0.5) is 17.1 Å². The van der Waals surface area contributed by atoms with Crippen LogP contribution < -0.4 is 10.6 Å². The van der Waals surface area contributed by atoms with Gasteiger partial charge in [-0.1, -0.05) is 30.1 Å². The van der Waals surface area contributed by atoms with Crippen molar-refractivity contribution in [3.05, 3.63) is 16.1 Å². The highest BCUT2D eigenvalue weighted by atomic mass is 35.5. The first-order valence-corrected chi connectivity index (χ1v) is 7.68. The molecule has 1 aromatic carbocycles. The minimum Gasteiger partial charge on any atom is -0.323 e. The van der Waals surface area contributed by atoms with Gasteiger partial charge in [0.25, 0.3) is 0 Å². The highest BCUT2D eigenvalue weighted by molar-refractivity contribution is 7.58. The van der Waals surface area contributed by atoms with Crippen molar-refractivity contribution in [2.24, 2.45) is 20.6 Å². The van der Waals surface area contributed by atoms with Gasteiger partial charge < -0.3 is 10.6 Å². The van der Waals surface area contributed by atoms with E-state index < -0.39 is 0 Å². The summed E-state index contributed by atoms with van der Waals surface area (Å²) in [6.07, 6.45) is 0. The number of fused-ring (bicyclic) bond motifs is 1. The lowest BCUT2D eigenvalue weighted by Crippen LogP contribution is -2.48. The van der Waals surface area contributed by atoms with Gasteiger partial charge in [-0.3, -0.25) is 4.79 Å². The van der Waals surface area contributed by atoms with E-state index in [1.807, 2.05) is 6.92 Å². The van der Waals surface area contributed by atoms with Crippen LogP contribution in [0, 0.1) is 11.8 Å². The monoisotopic (exact) mass is 330 g/mol. The number of carbonyl (C=O) groups is 1. The van der Waals surface area contributed by atoms with Crippen molar-refractivity contribution in [2.75, 3.05) is 18.4 Å². The number of nitrogens with zero attached hydrogens (tertiary/aromatic N) is 2. The lowest BCUT2D eigenvalue weighted by Gasteiger charge is -2.31. The molecule has 2 aliphatic heterocycles. The largest absolute Gasteiger partial charge is 0.323 e. The predicted molar refractivity (Wildman–Crippen MR) is 82.2 cm³/mol. The van der Waals surface area contributed by atoms with Crippen molar-refractivity contribution < 1.29 is 4.79 Å². The van der Waals surface area contributed by atoms with Crippen molar-refractivity contribution in [2.45, 2.75) is 6.92 Å². The summed E-state index contributed by atoms with van der Waals surface area (Å²) in [5, 5.41) is 6.84. The van der Waals surface area contributed by atoms with Crippen LogP contribution in [0.25, 0.3) is 0 Å². The van der Waals surface area contributed by atoms with E-state index in [0.29, 0.717) is 33.0 Å². The lowest BCUT2D eigenvalue weighted by atomic mass is 9.88. The summed E-state index contributed by atoms with van der Waals surface area (Å²) >= 11 is 13.3. The Morgan fingerprint density at radius 3 is 2.75 bits per heavy atom. The molecule has 2 aliphatic rings. The van der Waals surface area contributed by atoms with Crippen LogP contribution >= 0.6 is 23.2 Å². The number of amides is 1. The van der Waals surface area contributed by atoms with E-state index >= 15 is 0 Å². The van der Waals surface area contributed by atoms with E-state index in [9.17, 15) is 4.79 Å². The lowest BCUT2D eigenvalue weighted by molar-refractivity contribution is -0.121. The zero-order valence-electron chi connectivity index (χ0n) is 10.6. The Kier molecular flexibility index (Phi) is 3.81. The third-order valence-electron chi connectivity index (χ3n) is 3.63. The molecule has 8 heteroatoms. The van der Waals surface area contributed by atoms with Gasteiger partial charge in [-0.2, -0.15) is 8.73 Å². The highest BCUT2D eigenvalue weighted by Gasteiger charge is 2.30. The normalized spacial score (nSPS) is 18.1. The van der Waals surface area contributed by atoms with Gasteiger partial charge in [-0.15, -0.1) is 0 Å². The van der Waals surface area contributed by atoms with Crippen molar-refractivity contribution in [3.8, 4) is 0 Å². The van der Waals surface area contributed by atoms with Crippen LogP contribution in [-0.2, 0) is 16.1 Å². The van der Waals surface area contributed by atoms with Crippen molar-refractivity contribution in [1.82, 2.24) is 5.32 Å². The van der Waals surface area contributed by atoms with Gasteiger partial charge in [0, 0.05) is 5.92 Å². The fraction of sp³-hybridized carbons (Fsp3) is 0.417. The van der Waals surface area contributed by atoms with E-state index in [1.54, 1.807) is 6.07 Å². The molecule has 0 bridgehead atoms. The maximum atomic E-state index is 12.3. The minimum absolute atomic E-state index is 0.0602. The van der Waals surface area contributed by atoms with Crippen LogP contribution in [0.3, 0.4) is 0 Å². The quantitative estimate of drug-likeness (QED) is 0.904. The van der Waals surface area contributed by atoms with E-state index in [2.05, 4.69) is 19.4 Å². The average molecular weight is 331 g/mol. The molecule has 1 atom stereocenters. The van der Waals surface area contributed by atoms with Crippen LogP contribution in [0.5, 0.6) is 0 Å². The molecule has 1 unspecified atom stereocenters. The highest BCUT2D eigenvalue weighted by Crippen LogP contribution is 2.47. The van der Waals surface area contributed by atoms with Gasteiger partial charge in [-0.25, -0.2) is 0 Å². The molecule has 0 spiro atoms. The number of anilines is 1. The number of hydrogen-bond acceptors (Lipinski definition) is 4. The number of carbonyl (C=O) groups excluding carboxylic acids is 1. The van der Waals surface area contributed by atoms with Gasteiger partial charge in [0.2, 0.25) is 5.91 Å². The third kappa shape index (κ3) is 2.37. The summed E-state index contributed by atoms with van der Waals surface area (Å²) in [6.45, 7) is 3.66. The Balaban J connectivity index is 1.86. The minimum atomic E-state index is -0.0790. The van der Waals surface area contributed by atoms with Gasteiger partial charge in [0.15, 0.2) is 0 Å². The first-order chi connectivity index (χ1) is 9.58. The molecule has 3 rings (SSSR count). The molecular formula is C12H12Cl2N4OS. The molecule has 1 saturated heterocycles. The summed E-state index contributed by atoms with van der Waals surface area (Å²) in [4.78, 5) is 12.3. The smallest absolute Gasteiger partial charge is 0.227 e. The van der Waals surface area contributed by atoms with Gasteiger partial charge in [0.1, 0.15) is 11.4 Å². The van der Waals surface area contributed by atoms with Crippen LogP contribution in [0.1, 0.15) is 6.92 Å². The molecule has 1 fully saturated rings. The van der Waals surface area contributed by atoms with E-state index in [1.165, 1.54) is 0 Å². The standard InChI is InChI=1S/C12H12Cl2N4OS/c1-5(6-3-15-4-6)12(19)16-9-7(13)2-8(14)10-11(9)18-20-17-10/h2,5-6,15H,3-4H2,1H3,(H,16,19). The molecule has 0 saturated carbocycles. The Labute approximate surface area is 129 Å². The van der Waals surface area contributed by atoms with Crippen molar-refractivity contribution in [3.63, 3.8) is 0 Å². The van der Waals surface area contributed by atoms with Gasteiger partial charge >= 0.3 is 0 Å². The zero-order valence-corrected chi connectivity index (χ0v) is 12.9. The Hall–Kier alpha value is -0.950. The van der Waals surface area contributed by atoms with Gasteiger partial charge in [0.05, 0.1) is 27.1 Å². The molecule has 0 aromatic heterocycles. The molecule has 106 valence electrons. The molecule has 0 aliphatic carbocycles. The Bertz CT molecular complexity index is 653. The van der Waals surface area contributed by atoms with E-state index in [0.717, 1.165) is 24.4 Å². The molecule has 1 amide bonds. The van der Waals surface area contributed by atoms with Crippen LogP contribution in [-0.4, -0.2) is 19.0 Å². The number of nitrogens with one attached hydrogen (secondary N) is 2. The van der Waals surface area contributed by atoms with E-state index in [-0.39, 0.29) is 11.8 Å². The van der Waals surface area contributed by atoms with E-state index in [4.69, 9.17) is 23.2 Å². The Morgan fingerprint density at radius 1 is 1.40 bits per heavy atom. The predicted octanol–water partition coefficient (Wildman–Crippen LogP) is 3.51. The third-order valence-corrected chi connectivity index (χ3v) is 4.74. The molecular weight excluding hydrogens is 319 g/mol. The second-order valence-corrected chi connectivity index (χ2v) is 6.22.